The normalized spacial score (nSPS) is 10.3. The molecule has 0 aliphatic heterocycles. The van der Waals surface area contributed by atoms with E-state index < -0.39 is 11.6 Å². The Hall–Kier alpha value is -2.50. The molecule has 4 nitrogen and oxygen atoms in total. The SMILES string of the molecule is O=C(CCc1ccc(F)c(F)c1)Nc1cc[nH]c(=O)c1. The third-order valence-corrected chi connectivity index (χ3v) is 2.68. The molecule has 20 heavy (non-hydrogen) atoms. The summed E-state index contributed by atoms with van der Waals surface area (Å²) in [4.78, 5) is 25.1. The number of H-pyrrole nitrogens is 1. The topological polar surface area (TPSA) is 62.0 Å². The van der Waals surface area contributed by atoms with Crippen molar-refractivity contribution in [3.05, 3.63) is 64.1 Å². The van der Waals surface area contributed by atoms with E-state index in [1.807, 2.05) is 0 Å². The Bertz CT molecular complexity index is 683. The molecular weight excluding hydrogens is 266 g/mol. The number of aromatic amines is 1. The highest BCUT2D eigenvalue weighted by Crippen LogP contribution is 2.11. The van der Waals surface area contributed by atoms with Gasteiger partial charge < -0.3 is 10.3 Å². The summed E-state index contributed by atoms with van der Waals surface area (Å²) < 4.78 is 25.7. The summed E-state index contributed by atoms with van der Waals surface area (Å²) in [6.07, 6.45) is 1.82. The minimum Gasteiger partial charge on any atom is -0.329 e. The van der Waals surface area contributed by atoms with Crippen molar-refractivity contribution in [3.8, 4) is 0 Å². The Morgan fingerprint density at radius 1 is 1.15 bits per heavy atom. The van der Waals surface area contributed by atoms with Crippen LogP contribution < -0.4 is 10.9 Å². The van der Waals surface area contributed by atoms with Crippen molar-refractivity contribution in [1.82, 2.24) is 4.98 Å². The molecule has 0 spiro atoms. The molecule has 0 unspecified atom stereocenters. The van der Waals surface area contributed by atoms with Gasteiger partial charge in [-0.25, -0.2) is 8.78 Å². The van der Waals surface area contributed by atoms with Crippen LogP contribution in [0.4, 0.5) is 14.5 Å². The number of pyridine rings is 1. The van der Waals surface area contributed by atoms with Crippen molar-refractivity contribution in [2.45, 2.75) is 12.8 Å². The van der Waals surface area contributed by atoms with E-state index in [0.29, 0.717) is 11.3 Å². The van der Waals surface area contributed by atoms with Crippen LogP contribution >= 0.6 is 0 Å². The van der Waals surface area contributed by atoms with E-state index in [0.717, 1.165) is 12.1 Å². The second-order valence-electron chi connectivity index (χ2n) is 4.24. The number of rotatable bonds is 4. The predicted octanol–water partition coefficient (Wildman–Crippen LogP) is 2.22. The maximum absolute atomic E-state index is 13.0. The van der Waals surface area contributed by atoms with Crippen LogP contribution in [-0.4, -0.2) is 10.9 Å². The number of halogens is 2. The average Bonchev–Trinajstić information content (AvgIpc) is 2.40. The van der Waals surface area contributed by atoms with Gasteiger partial charge >= 0.3 is 0 Å². The summed E-state index contributed by atoms with van der Waals surface area (Å²) in [5.41, 5.74) is 0.609. The van der Waals surface area contributed by atoms with E-state index in [9.17, 15) is 18.4 Å². The zero-order valence-corrected chi connectivity index (χ0v) is 10.5. The van der Waals surface area contributed by atoms with Gasteiger partial charge in [-0.15, -0.1) is 0 Å². The fourth-order valence-corrected chi connectivity index (χ4v) is 1.70. The first-order chi connectivity index (χ1) is 9.54. The van der Waals surface area contributed by atoms with Gasteiger partial charge in [-0.1, -0.05) is 6.07 Å². The van der Waals surface area contributed by atoms with Crippen LogP contribution in [0.3, 0.4) is 0 Å². The quantitative estimate of drug-likeness (QED) is 0.900. The molecule has 2 N–H and O–H groups in total. The van der Waals surface area contributed by atoms with E-state index in [1.165, 1.54) is 18.3 Å². The molecular formula is C14H12F2N2O2. The zero-order valence-electron chi connectivity index (χ0n) is 10.5. The van der Waals surface area contributed by atoms with E-state index >= 15 is 0 Å². The molecule has 1 heterocycles. The largest absolute Gasteiger partial charge is 0.329 e. The molecule has 0 atom stereocenters. The monoisotopic (exact) mass is 278 g/mol. The molecule has 0 saturated heterocycles. The maximum Gasteiger partial charge on any atom is 0.249 e. The van der Waals surface area contributed by atoms with Crippen molar-refractivity contribution in [3.63, 3.8) is 0 Å². The van der Waals surface area contributed by atoms with Crippen LogP contribution in [-0.2, 0) is 11.2 Å². The van der Waals surface area contributed by atoms with E-state index in [1.54, 1.807) is 6.07 Å². The van der Waals surface area contributed by atoms with Gasteiger partial charge in [0.2, 0.25) is 11.5 Å². The number of carbonyl (C=O) groups excluding carboxylic acids is 1. The van der Waals surface area contributed by atoms with E-state index in [4.69, 9.17) is 0 Å². The Morgan fingerprint density at radius 3 is 2.65 bits per heavy atom. The fraction of sp³-hybridized carbons (Fsp3) is 0.143. The first-order valence-corrected chi connectivity index (χ1v) is 5.97. The molecule has 2 aromatic rings. The number of benzene rings is 1. The van der Waals surface area contributed by atoms with Gasteiger partial charge in [-0.3, -0.25) is 9.59 Å². The number of amides is 1. The lowest BCUT2D eigenvalue weighted by molar-refractivity contribution is -0.116. The molecule has 1 aromatic heterocycles. The Kier molecular flexibility index (Phi) is 4.24. The van der Waals surface area contributed by atoms with Crippen molar-refractivity contribution < 1.29 is 13.6 Å². The Morgan fingerprint density at radius 2 is 1.95 bits per heavy atom. The minimum absolute atomic E-state index is 0.109. The van der Waals surface area contributed by atoms with Crippen molar-refractivity contribution in [1.29, 1.82) is 0 Å². The van der Waals surface area contributed by atoms with Gasteiger partial charge in [0.1, 0.15) is 0 Å². The van der Waals surface area contributed by atoms with Gasteiger partial charge in [0, 0.05) is 24.4 Å². The highest BCUT2D eigenvalue weighted by Gasteiger charge is 2.06. The number of aryl methyl sites for hydroxylation is 1. The summed E-state index contributed by atoms with van der Waals surface area (Å²) in [7, 11) is 0. The maximum atomic E-state index is 13.0. The fourth-order valence-electron chi connectivity index (χ4n) is 1.70. The molecule has 0 saturated carbocycles. The molecule has 1 amide bonds. The molecule has 104 valence electrons. The Balaban J connectivity index is 1.92. The van der Waals surface area contributed by atoms with E-state index in [2.05, 4.69) is 10.3 Å². The van der Waals surface area contributed by atoms with Gasteiger partial charge in [-0.05, 0) is 30.2 Å². The van der Waals surface area contributed by atoms with Crippen LogP contribution in [0.1, 0.15) is 12.0 Å². The third kappa shape index (κ3) is 3.74. The number of aromatic nitrogens is 1. The van der Waals surface area contributed by atoms with Crippen LogP contribution in [0, 0.1) is 11.6 Å². The van der Waals surface area contributed by atoms with Crippen LogP contribution in [0.2, 0.25) is 0 Å². The Labute approximate surface area is 113 Å². The number of hydrogen-bond acceptors (Lipinski definition) is 2. The first kappa shape index (κ1) is 13.9. The highest BCUT2D eigenvalue weighted by molar-refractivity contribution is 5.90. The zero-order chi connectivity index (χ0) is 14.5. The molecule has 6 heteroatoms. The second kappa shape index (κ2) is 6.10. The molecule has 2 rings (SSSR count). The molecule has 0 fully saturated rings. The number of anilines is 1. The number of hydrogen-bond donors (Lipinski definition) is 2. The van der Waals surface area contributed by atoms with Crippen molar-refractivity contribution in [2.24, 2.45) is 0 Å². The standard InChI is InChI=1S/C14H12F2N2O2/c15-11-3-1-9(7-12(11)16)2-4-13(19)18-10-5-6-17-14(20)8-10/h1,3,5-8H,2,4H2,(H2,17,18,19,20). The third-order valence-electron chi connectivity index (χ3n) is 2.68. The van der Waals surface area contributed by atoms with Gasteiger partial charge in [0.15, 0.2) is 11.6 Å². The van der Waals surface area contributed by atoms with Gasteiger partial charge in [-0.2, -0.15) is 0 Å². The minimum atomic E-state index is -0.933. The van der Waals surface area contributed by atoms with Crippen molar-refractivity contribution in [2.75, 3.05) is 5.32 Å². The van der Waals surface area contributed by atoms with Gasteiger partial charge in [0.25, 0.3) is 0 Å². The molecule has 0 bridgehead atoms. The lowest BCUT2D eigenvalue weighted by atomic mass is 10.1. The van der Waals surface area contributed by atoms with Crippen LogP contribution in [0.5, 0.6) is 0 Å². The molecule has 0 radical (unpaired) electrons. The number of carbonyl (C=O) groups is 1. The summed E-state index contributed by atoms with van der Waals surface area (Å²) >= 11 is 0. The smallest absolute Gasteiger partial charge is 0.249 e. The summed E-state index contributed by atoms with van der Waals surface area (Å²) in [6.45, 7) is 0. The summed E-state index contributed by atoms with van der Waals surface area (Å²) in [6, 6.07) is 6.33. The number of nitrogens with one attached hydrogen (secondary N) is 2. The van der Waals surface area contributed by atoms with Crippen LogP contribution in [0.15, 0.2) is 41.3 Å². The van der Waals surface area contributed by atoms with Crippen molar-refractivity contribution >= 4 is 11.6 Å². The van der Waals surface area contributed by atoms with E-state index in [-0.39, 0.29) is 24.3 Å². The lowest BCUT2D eigenvalue weighted by Crippen LogP contribution is -2.14. The first-order valence-electron chi connectivity index (χ1n) is 5.97. The lowest BCUT2D eigenvalue weighted by Gasteiger charge is -2.05. The second-order valence-corrected chi connectivity index (χ2v) is 4.24. The van der Waals surface area contributed by atoms with Crippen LogP contribution in [0.25, 0.3) is 0 Å². The molecule has 0 aliphatic carbocycles. The highest BCUT2D eigenvalue weighted by atomic mass is 19.2. The molecule has 0 aliphatic rings. The summed E-state index contributed by atoms with van der Waals surface area (Å²) in [5.74, 6) is -2.15. The average molecular weight is 278 g/mol. The predicted molar refractivity (Wildman–Crippen MR) is 70.4 cm³/mol. The molecule has 1 aromatic carbocycles. The van der Waals surface area contributed by atoms with Gasteiger partial charge in [0.05, 0.1) is 0 Å². The summed E-state index contributed by atoms with van der Waals surface area (Å²) in [5, 5.41) is 2.55.